The molecule has 3 rings (SSSR count). The van der Waals surface area contributed by atoms with Crippen molar-refractivity contribution in [1.29, 1.82) is 5.26 Å². The zero-order valence-corrected chi connectivity index (χ0v) is 11.4. The Hall–Kier alpha value is -2.25. The fourth-order valence-electron chi connectivity index (χ4n) is 2.31. The topological polar surface area (TPSA) is 57.9 Å². The zero-order valence-electron chi connectivity index (χ0n) is 10.6. The fraction of sp³-hybridized carbons (Fsp3) is 0.200. The molecule has 0 fully saturated rings. The molecule has 5 heteroatoms. The molecular weight excluding hydrogens is 274 g/mol. The third kappa shape index (κ3) is 2.54. The average Bonchev–Trinajstić information content (AvgIpc) is 2.47. The number of para-hydroxylation sites is 1. The minimum atomic E-state index is 0.109. The molecule has 0 bridgehead atoms. The number of nitrogens with one attached hydrogen (secondary N) is 1. The second-order valence-corrected chi connectivity index (χ2v) is 4.93. The summed E-state index contributed by atoms with van der Waals surface area (Å²) in [7, 11) is 0. The van der Waals surface area contributed by atoms with Gasteiger partial charge in [-0.1, -0.05) is 29.8 Å². The van der Waals surface area contributed by atoms with Gasteiger partial charge in [-0.2, -0.15) is 5.26 Å². The van der Waals surface area contributed by atoms with Gasteiger partial charge in [-0.05, 0) is 18.2 Å². The second-order valence-electron chi connectivity index (χ2n) is 4.55. The van der Waals surface area contributed by atoms with Crippen molar-refractivity contribution in [3.05, 3.63) is 52.7 Å². The summed E-state index contributed by atoms with van der Waals surface area (Å²) >= 11 is 5.92. The molecule has 0 amide bonds. The average molecular weight is 286 g/mol. The Bertz CT molecular complexity index is 681. The minimum Gasteiger partial charge on any atom is -0.493 e. The van der Waals surface area contributed by atoms with Crippen molar-refractivity contribution in [2.45, 2.75) is 12.5 Å². The number of nitrogens with zero attached hydrogens (tertiary/aromatic N) is 2. The number of nitriles is 1. The molecule has 4 nitrogen and oxygen atoms in total. The zero-order chi connectivity index (χ0) is 13.9. The van der Waals surface area contributed by atoms with E-state index in [-0.39, 0.29) is 6.04 Å². The van der Waals surface area contributed by atoms with Gasteiger partial charge < -0.3 is 10.1 Å². The maximum atomic E-state index is 8.97. The minimum absolute atomic E-state index is 0.109. The predicted molar refractivity (Wildman–Crippen MR) is 76.9 cm³/mol. The number of rotatable bonds is 2. The SMILES string of the molecule is N#Cc1cc(Cl)nc(NC2CCOc3ccccc32)c1. The summed E-state index contributed by atoms with van der Waals surface area (Å²) in [5, 5.41) is 12.6. The second kappa shape index (κ2) is 5.40. The van der Waals surface area contributed by atoms with E-state index in [1.165, 1.54) is 0 Å². The Morgan fingerprint density at radius 2 is 2.20 bits per heavy atom. The van der Waals surface area contributed by atoms with Crippen molar-refractivity contribution < 1.29 is 4.74 Å². The highest BCUT2D eigenvalue weighted by Crippen LogP contribution is 2.33. The van der Waals surface area contributed by atoms with Crippen LogP contribution < -0.4 is 10.1 Å². The molecule has 2 heterocycles. The Kier molecular flexibility index (Phi) is 3.44. The van der Waals surface area contributed by atoms with E-state index in [1.54, 1.807) is 12.1 Å². The Labute approximate surface area is 122 Å². The van der Waals surface area contributed by atoms with Crippen LogP contribution in [0.5, 0.6) is 5.75 Å². The van der Waals surface area contributed by atoms with Crippen LogP contribution in [0.15, 0.2) is 36.4 Å². The van der Waals surface area contributed by atoms with E-state index in [0.717, 1.165) is 17.7 Å². The van der Waals surface area contributed by atoms with Crippen LogP contribution in [-0.4, -0.2) is 11.6 Å². The van der Waals surface area contributed by atoms with E-state index in [1.807, 2.05) is 24.3 Å². The molecule has 2 aromatic rings. The lowest BCUT2D eigenvalue weighted by molar-refractivity contribution is 0.274. The summed E-state index contributed by atoms with van der Waals surface area (Å²) in [6.07, 6.45) is 0.840. The van der Waals surface area contributed by atoms with Gasteiger partial charge in [0.1, 0.15) is 16.7 Å². The number of benzene rings is 1. The van der Waals surface area contributed by atoms with Crippen LogP contribution in [0.3, 0.4) is 0 Å². The van der Waals surface area contributed by atoms with E-state index in [4.69, 9.17) is 21.6 Å². The van der Waals surface area contributed by atoms with Crippen molar-refractivity contribution in [2.24, 2.45) is 0 Å². The Morgan fingerprint density at radius 3 is 3.05 bits per heavy atom. The smallest absolute Gasteiger partial charge is 0.132 e. The number of ether oxygens (including phenoxy) is 1. The third-order valence-corrected chi connectivity index (χ3v) is 3.40. The Morgan fingerprint density at radius 1 is 1.35 bits per heavy atom. The molecule has 0 radical (unpaired) electrons. The van der Waals surface area contributed by atoms with Gasteiger partial charge >= 0.3 is 0 Å². The first-order valence-electron chi connectivity index (χ1n) is 6.32. The summed E-state index contributed by atoms with van der Waals surface area (Å²) in [5.74, 6) is 1.49. The molecule has 100 valence electrons. The van der Waals surface area contributed by atoms with Crippen LogP contribution in [0.2, 0.25) is 5.15 Å². The van der Waals surface area contributed by atoms with E-state index in [9.17, 15) is 0 Å². The molecule has 1 unspecified atom stereocenters. The molecule has 1 aromatic carbocycles. The maximum Gasteiger partial charge on any atom is 0.132 e. The van der Waals surface area contributed by atoms with Crippen LogP contribution in [-0.2, 0) is 0 Å². The molecule has 0 saturated carbocycles. The molecule has 20 heavy (non-hydrogen) atoms. The van der Waals surface area contributed by atoms with E-state index in [2.05, 4.69) is 16.4 Å². The lowest BCUT2D eigenvalue weighted by Crippen LogP contribution is -2.20. The standard InChI is InChI=1S/C15H12ClN3O/c16-14-7-10(9-17)8-15(19-14)18-12-5-6-20-13-4-2-1-3-11(12)13/h1-4,7-8,12H,5-6H2,(H,18,19). The molecule has 1 aliphatic heterocycles. The van der Waals surface area contributed by atoms with Gasteiger partial charge in [0, 0.05) is 12.0 Å². The number of halogens is 1. The van der Waals surface area contributed by atoms with Crippen molar-refractivity contribution >= 4 is 17.4 Å². The van der Waals surface area contributed by atoms with Gasteiger partial charge in [0.25, 0.3) is 0 Å². The van der Waals surface area contributed by atoms with Gasteiger partial charge in [0.2, 0.25) is 0 Å². The van der Waals surface area contributed by atoms with Gasteiger partial charge in [-0.25, -0.2) is 4.98 Å². The monoisotopic (exact) mass is 285 g/mol. The first-order valence-corrected chi connectivity index (χ1v) is 6.70. The normalized spacial score (nSPS) is 16.7. The van der Waals surface area contributed by atoms with Gasteiger partial charge in [0.05, 0.1) is 24.3 Å². The van der Waals surface area contributed by atoms with Crippen molar-refractivity contribution in [3.63, 3.8) is 0 Å². The summed E-state index contributed by atoms with van der Waals surface area (Å²) in [6.45, 7) is 0.653. The Balaban J connectivity index is 1.89. The van der Waals surface area contributed by atoms with Crippen molar-refractivity contribution in [2.75, 3.05) is 11.9 Å². The largest absolute Gasteiger partial charge is 0.493 e. The molecule has 1 N–H and O–H groups in total. The van der Waals surface area contributed by atoms with Crippen molar-refractivity contribution in [3.8, 4) is 11.8 Å². The number of aromatic nitrogens is 1. The quantitative estimate of drug-likeness (QED) is 0.858. The highest BCUT2D eigenvalue weighted by molar-refractivity contribution is 6.29. The molecule has 1 atom stereocenters. The third-order valence-electron chi connectivity index (χ3n) is 3.20. The predicted octanol–water partition coefficient (Wildman–Crippen LogP) is 3.54. The van der Waals surface area contributed by atoms with Gasteiger partial charge in [-0.15, -0.1) is 0 Å². The summed E-state index contributed by atoms with van der Waals surface area (Å²) < 4.78 is 5.62. The van der Waals surface area contributed by atoms with E-state index >= 15 is 0 Å². The van der Waals surface area contributed by atoms with Crippen LogP contribution in [0.4, 0.5) is 5.82 Å². The number of hydrogen-bond acceptors (Lipinski definition) is 4. The number of pyridine rings is 1. The summed E-state index contributed by atoms with van der Waals surface area (Å²) in [4.78, 5) is 4.21. The first kappa shape index (κ1) is 12.8. The summed E-state index contributed by atoms with van der Waals surface area (Å²) in [6, 6.07) is 13.3. The van der Waals surface area contributed by atoms with Crippen LogP contribution in [0, 0.1) is 11.3 Å². The lowest BCUT2D eigenvalue weighted by Gasteiger charge is -2.27. The molecule has 0 saturated heterocycles. The molecule has 0 spiro atoms. The molecule has 1 aromatic heterocycles. The molecule has 0 aliphatic carbocycles. The van der Waals surface area contributed by atoms with Gasteiger partial charge in [0.15, 0.2) is 0 Å². The number of fused-ring (bicyclic) bond motifs is 1. The van der Waals surface area contributed by atoms with Crippen LogP contribution >= 0.6 is 11.6 Å². The molecular formula is C15H12ClN3O. The van der Waals surface area contributed by atoms with Crippen LogP contribution in [0.25, 0.3) is 0 Å². The number of anilines is 1. The van der Waals surface area contributed by atoms with E-state index < -0.39 is 0 Å². The highest BCUT2D eigenvalue weighted by atomic mass is 35.5. The summed E-state index contributed by atoms with van der Waals surface area (Å²) in [5.41, 5.74) is 1.59. The van der Waals surface area contributed by atoms with Crippen LogP contribution in [0.1, 0.15) is 23.6 Å². The lowest BCUT2D eigenvalue weighted by atomic mass is 10.0. The molecule has 1 aliphatic rings. The van der Waals surface area contributed by atoms with E-state index in [0.29, 0.717) is 23.1 Å². The van der Waals surface area contributed by atoms with Crippen molar-refractivity contribution in [1.82, 2.24) is 4.98 Å². The maximum absolute atomic E-state index is 8.97. The fourth-order valence-corrected chi connectivity index (χ4v) is 2.51. The highest BCUT2D eigenvalue weighted by Gasteiger charge is 2.21. The number of hydrogen-bond donors (Lipinski definition) is 1. The first-order chi connectivity index (χ1) is 9.76. The van der Waals surface area contributed by atoms with Gasteiger partial charge in [-0.3, -0.25) is 0 Å².